The molecule has 0 aliphatic heterocycles. The van der Waals surface area contributed by atoms with Gasteiger partial charge in [0.25, 0.3) is 0 Å². The van der Waals surface area contributed by atoms with Crippen LogP contribution in [-0.2, 0) is 4.79 Å². The van der Waals surface area contributed by atoms with Crippen molar-refractivity contribution in [1.82, 2.24) is 5.32 Å². The standard InChI is InChI=1S/C12H26N2O/c1-3-4-5-6-8-11(2)14-12(15)9-7-10-13/h11H,3-10,13H2,1-2H3,(H,14,15). The minimum absolute atomic E-state index is 0.142. The molecule has 0 aromatic heterocycles. The first-order valence-electron chi connectivity index (χ1n) is 6.20. The Kier molecular flexibility index (Phi) is 9.59. The number of rotatable bonds is 9. The predicted molar refractivity (Wildman–Crippen MR) is 64.7 cm³/mol. The van der Waals surface area contributed by atoms with Gasteiger partial charge in [-0.05, 0) is 26.3 Å². The average Bonchev–Trinajstić information content (AvgIpc) is 2.21. The van der Waals surface area contributed by atoms with Gasteiger partial charge < -0.3 is 11.1 Å². The number of hydrogen-bond acceptors (Lipinski definition) is 2. The number of hydrogen-bond donors (Lipinski definition) is 2. The Morgan fingerprint density at radius 2 is 2.00 bits per heavy atom. The summed E-state index contributed by atoms with van der Waals surface area (Å²) in [6.45, 7) is 4.88. The third-order valence-electron chi connectivity index (χ3n) is 2.51. The zero-order valence-electron chi connectivity index (χ0n) is 10.2. The Bertz CT molecular complexity index is 160. The number of carbonyl (C=O) groups is 1. The van der Waals surface area contributed by atoms with E-state index in [-0.39, 0.29) is 5.91 Å². The zero-order chi connectivity index (χ0) is 11.5. The van der Waals surface area contributed by atoms with Crippen molar-refractivity contribution in [3.05, 3.63) is 0 Å². The number of carbonyl (C=O) groups excluding carboxylic acids is 1. The van der Waals surface area contributed by atoms with Gasteiger partial charge in [-0.25, -0.2) is 0 Å². The van der Waals surface area contributed by atoms with Crippen LogP contribution in [-0.4, -0.2) is 18.5 Å². The molecule has 3 heteroatoms. The highest BCUT2D eigenvalue weighted by Crippen LogP contribution is 2.05. The molecular weight excluding hydrogens is 188 g/mol. The summed E-state index contributed by atoms with van der Waals surface area (Å²) in [5.41, 5.74) is 5.34. The molecule has 0 saturated heterocycles. The van der Waals surface area contributed by atoms with Crippen LogP contribution in [0, 0.1) is 0 Å². The third-order valence-corrected chi connectivity index (χ3v) is 2.51. The van der Waals surface area contributed by atoms with Gasteiger partial charge in [-0.1, -0.05) is 32.6 Å². The summed E-state index contributed by atoms with van der Waals surface area (Å²) >= 11 is 0. The lowest BCUT2D eigenvalue weighted by molar-refractivity contribution is -0.121. The highest BCUT2D eigenvalue weighted by Gasteiger charge is 2.05. The van der Waals surface area contributed by atoms with Gasteiger partial charge in [0, 0.05) is 12.5 Å². The first kappa shape index (κ1) is 14.4. The molecule has 0 aromatic rings. The van der Waals surface area contributed by atoms with E-state index in [0.29, 0.717) is 19.0 Å². The highest BCUT2D eigenvalue weighted by molar-refractivity contribution is 5.76. The zero-order valence-corrected chi connectivity index (χ0v) is 10.2. The van der Waals surface area contributed by atoms with Gasteiger partial charge in [0.1, 0.15) is 0 Å². The first-order valence-corrected chi connectivity index (χ1v) is 6.20. The van der Waals surface area contributed by atoms with E-state index < -0.39 is 0 Å². The van der Waals surface area contributed by atoms with Crippen molar-refractivity contribution in [3.8, 4) is 0 Å². The van der Waals surface area contributed by atoms with Gasteiger partial charge in [-0.2, -0.15) is 0 Å². The second kappa shape index (κ2) is 9.97. The minimum atomic E-state index is 0.142. The van der Waals surface area contributed by atoms with Crippen LogP contribution in [0.4, 0.5) is 0 Å². The van der Waals surface area contributed by atoms with E-state index in [9.17, 15) is 4.79 Å². The van der Waals surface area contributed by atoms with Gasteiger partial charge in [0.05, 0.1) is 0 Å². The van der Waals surface area contributed by atoms with Crippen LogP contribution in [0.3, 0.4) is 0 Å². The molecule has 1 unspecified atom stereocenters. The molecule has 0 spiro atoms. The Balaban J connectivity index is 3.38. The molecular formula is C12H26N2O. The van der Waals surface area contributed by atoms with Crippen molar-refractivity contribution in [3.63, 3.8) is 0 Å². The van der Waals surface area contributed by atoms with Crippen molar-refractivity contribution < 1.29 is 4.79 Å². The molecule has 15 heavy (non-hydrogen) atoms. The van der Waals surface area contributed by atoms with Gasteiger partial charge in [0.15, 0.2) is 0 Å². The monoisotopic (exact) mass is 214 g/mol. The molecule has 3 N–H and O–H groups in total. The maximum Gasteiger partial charge on any atom is 0.220 e. The molecule has 90 valence electrons. The van der Waals surface area contributed by atoms with Crippen molar-refractivity contribution in [2.45, 2.75) is 64.8 Å². The fraction of sp³-hybridized carbons (Fsp3) is 0.917. The van der Waals surface area contributed by atoms with Crippen LogP contribution in [0.2, 0.25) is 0 Å². The molecule has 3 nitrogen and oxygen atoms in total. The first-order chi connectivity index (χ1) is 7.20. The SMILES string of the molecule is CCCCCCC(C)NC(=O)CCCN. The van der Waals surface area contributed by atoms with E-state index in [1.165, 1.54) is 25.7 Å². The molecule has 0 fully saturated rings. The minimum Gasteiger partial charge on any atom is -0.354 e. The lowest BCUT2D eigenvalue weighted by atomic mass is 10.1. The van der Waals surface area contributed by atoms with E-state index in [4.69, 9.17) is 5.73 Å². The fourth-order valence-corrected chi connectivity index (χ4v) is 1.56. The van der Waals surface area contributed by atoms with Crippen LogP contribution >= 0.6 is 0 Å². The van der Waals surface area contributed by atoms with Crippen LogP contribution in [0.25, 0.3) is 0 Å². The van der Waals surface area contributed by atoms with Crippen molar-refractivity contribution >= 4 is 5.91 Å². The maximum atomic E-state index is 11.3. The Labute approximate surface area is 93.8 Å². The summed E-state index contributed by atoms with van der Waals surface area (Å²) in [7, 11) is 0. The van der Waals surface area contributed by atoms with Gasteiger partial charge >= 0.3 is 0 Å². The van der Waals surface area contributed by atoms with E-state index in [0.717, 1.165) is 12.8 Å². The molecule has 0 saturated carbocycles. The third kappa shape index (κ3) is 9.73. The number of unbranched alkanes of at least 4 members (excludes halogenated alkanes) is 3. The van der Waals surface area contributed by atoms with Crippen molar-refractivity contribution in [2.24, 2.45) is 5.73 Å². The molecule has 0 rings (SSSR count). The molecule has 0 heterocycles. The van der Waals surface area contributed by atoms with Crippen molar-refractivity contribution in [2.75, 3.05) is 6.54 Å². The average molecular weight is 214 g/mol. The quantitative estimate of drug-likeness (QED) is 0.578. The topological polar surface area (TPSA) is 55.1 Å². The number of nitrogens with one attached hydrogen (secondary N) is 1. The van der Waals surface area contributed by atoms with E-state index in [1.54, 1.807) is 0 Å². The summed E-state index contributed by atoms with van der Waals surface area (Å²) in [5, 5.41) is 3.00. The predicted octanol–water partition coefficient (Wildman–Crippen LogP) is 2.20. The van der Waals surface area contributed by atoms with E-state index >= 15 is 0 Å². The summed E-state index contributed by atoms with van der Waals surface area (Å²) in [6.07, 6.45) is 7.50. The lowest BCUT2D eigenvalue weighted by Crippen LogP contribution is -2.32. The molecule has 0 bridgehead atoms. The Morgan fingerprint density at radius 1 is 1.27 bits per heavy atom. The smallest absolute Gasteiger partial charge is 0.220 e. The van der Waals surface area contributed by atoms with Crippen LogP contribution in [0.15, 0.2) is 0 Å². The highest BCUT2D eigenvalue weighted by atomic mass is 16.1. The Morgan fingerprint density at radius 3 is 2.60 bits per heavy atom. The summed E-state index contributed by atoms with van der Waals surface area (Å²) in [4.78, 5) is 11.3. The summed E-state index contributed by atoms with van der Waals surface area (Å²) in [5.74, 6) is 0.142. The normalized spacial score (nSPS) is 12.5. The van der Waals surface area contributed by atoms with Crippen LogP contribution in [0.1, 0.15) is 58.8 Å². The molecule has 1 atom stereocenters. The van der Waals surface area contributed by atoms with E-state index in [1.807, 2.05) is 0 Å². The van der Waals surface area contributed by atoms with Gasteiger partial charge in [-0.15, -0.1) is 0 Å². The largest absolute Gasteiger partial charge is 0.354 e. The molecule has 0 aromatic carbocycles. The van der Waals surface area contributed by atoms with E-state index in [2.05, 4.69) is 19.2 Å². The second-order valence-corrected chi connectivity index (χ2v) is 4.21. The van der Waals surface area contributed by atoms with Crippen LogP contribution in [0.5, 0.6) is 0 Å². The molecule has 0 radical (unpaired) electrons. The van der Waals surface area contributed by atoms with Crippen LogP contribution < -0.4 is 11.1 Å². The van der Waals surface area contributed by atoms with Gasteiger partial charge in [0.2, 0.25) is 5.91 Å². The summed E-state index contributed by atoms with van der Waals surface area (Å²) in [6, 6.07) is 0.312. The van der Waals surface area contributed by atoms with Gasteiger partial charge in [-0.3, -0.25) is 4.79 Å². The number of amides is 1. The molecule has 0 aliphatic carbocycles. The lowest BCUT2D eigenvalue weighted by Gasteiger charge is -2.13. The number of nitrogens with two attached hydrogens (primary N) is 1. The van der Waals surface area contributed by atoms with Crippen molar-refractivity contribution in [1.29, 1.82) is 0 Å². The summed E-state index contributed by atoms with van der Waals surface area (Å²) < 4.78 is 0. The maximum absolute atomic E-state index is 11.3. The molecule has 1 amide bonds. The second-order valence-electron chi connectivity index (χ2n) is 4.21. The molecule has 0 aliphatic rings. The fourth-order valence-electron chi connectivity index (χ4n) is 1.56. The Hall–Kier alpha value is -0.570.